The van der Waals surface area contributed by atoms with Crippen molar-refractivity contribution in [2.75, 3.05) is 0 Å². The zero-order valence-electron chi connectivity index (χ0n) is 9.21. The molecule has 2 rings (SSSR count). The Labute approximate surface area is 92.7 Å². The SMILES string of the molecule is CC(C)c1cnc2cc(CC(=O)O)nn2c1. The van der Waals surface area contributed by atoms with Crippen molar-refractivity contribution in [2.45, 2.75) is 26.2 Å². The Morgan fingerprint density at radius 1 is 1.56 bits per heavy atom. The maximum atomic E-state index is 10.6. The Balaban J connectivity index is 2.41. The second-order valence-corrected chi connectivity index (χ2v) is 4.05. The van der Waals surface area contributed by atoms with Gasteiger partial charge in [-0.15, -0.1) is 0 Å². The first-order chi connectivity index (χ1) is 7.56. The molecule has 0 saturated carbocycles. The van der Waals surface area contributed by atoms with Gasteiger partial charge in [-0.3, -0.25) is 4.79 Å². The summed E-state index contributed by atoms with van der Waals surface area (Å²) in [6, 6.07) is 1.69. The van der Waals surface area contributed by atoms with Crippen molar-refractivity contribution in [3.05, 3.63) is 29.7 Å². The van der Waals surface area contributed by atoms with Crippen LogP contribution in [0.5, 0.6) is 0 Å². The first-order valence-electron chi connectivity index (χ1n) is 5.12. The predicted molar refractivity (Wildman–Crippen MR) is 58.4 cm³/mol. The molecule has 0 aromatic carbocycles. The van der Waals surface area contributed by atoms with E-state index in [1.165, 1.54) is 0 Å². The molecule has 0 fully saturated rings. The largest absolute Gasteiger partial charge is 0.481 e. The molecule has 2 aromatic heterocycles. The highest BCUT2D eigenvalue weighted by Gasteiger charge is 2.08. The number of hydrogen-bond donors (Lipinski definition) is 1. The lowest BCUT2D eigenvalue weighted by Crippen LogP contribution is -2.01. The number of aromatic nitrogens is 3. The van der Waals surface area contributed by atoms with Crippen LogP contribution in [0.3, 0.4) is 0 Å². The van der Waals surface area contributed by atoms with Crippen LogP contribution in [0.4, 0.5) is 0 Å². The summed E-state index contributed by atoms with van der Waals surface area (Å²) in [4.78, 5) is 14.8. The average molecular weight is 219 g/mol. The standard InChI is InChI=1S/C11H13N3O2/c1-7(2)8-5-12-10-3-9(4-11(15)16)13-14(10)6-8/h3,5-7H,4H2,1-2H3,(H,15,16). The number of carboxylic acid groups (broad SMARTS) is 1. The van der Waals surface area contributed by atoms with Crippen molar-refractivity contribution in [1.82, 2.24) is 14.6 Å². The molecule has 0 spiro atoms. The minimum Gasteiger partial charge on any atom is -0.481 e. The molecular formula is C11H13N3O2. The van der Waals surface area contributed by atoms with Gasteiger partial charge < -0.3 is 5.11 Å². The van der Waals surface area contributed by atoms with Crippen molar-refractivity contribution in [3.8, 4) is 0 Å². The third-order valence-corrected chi connectivity index (χ3v) is 2.38. The smallest absolute Gasteiger partial charge is 0.309 e. The molecule has 0 amide bonds. The van der Waals surface area contributed by atoms with Gasteiger partial charge in [-0.1, -0.05) is 13.8 Å². The van der Waals surface area contributed by atoms with E-state index in [0.29, 0.717) is 17.3 Å². The van der Waals surface area contributed by atoms with E-state index in [1.54, 1.807) is 16.8 Å². The summed E-state index contributed by atoms with van der Waals surface area (Å²) in [5, 5.41) is 12.8. The molecule has 2 heterocycles. The maximum absolute atomic E-state index is 10.6. The summed E-state index contributed by atoms with van der Waals surface area (Å²) in [5.41, 5.74) is 2.29. The molecule has 0 saturated heterocycles. The zero-order valence-corrected chi connectivity index (χ0v) is 9.21. The van der Waals surface area contributed by atoms with Gasteiger partial charge in [0.2, 0.25) is 0 Å². The van der Waals surface area contributed by atoms with Crippen molar-refractivity contribution >= 4 is 11.6 Å². The molecule has 0 atom stereocenters. The predicted octanol–water partition coefficient (Wildman–Crippen LogP) is 1.48. The molecule has 16 heavy (non-hydrogen) atoms. The van der Waals surface area contributed by atoms with Crippen LogP contribution in [0.2, 0.25) is 0 Å². The Morgan fingerprint density at radius 3 is 2.94 bits per heavy atom. The summed E-state index contributed by atoms with van der Waals surface area (Å²) in [5.74, 6) is -0.503. The molecule has 2 aromatic rings. The number of aliphatic carboxylic acids is 1. The maximum Gasteiger partial charge on any atom is 0.309 e. The number of fused-ring (bicyclic) bond motifs is 1. The second kappa shape index (κ2) is 3.92. The van der Waals surface area contributed by atoms with Crippen LogP contribution in [0.25, 0.3) is 5.65 Å². The molecule has 0 radical (unpaired) electrons. The van der Waals surface area contributed by atoms with E-state index in [9.17, 15) is 4.79 Å². The number of hydrogen-bond acceptors (Lipinski definition) is 3. The fourth-order valence-electron chi connectivity index (χ4n) is 1.48. The van der Waals surface area contributed by atoms with Gasteiger partial charge in [0, 0.05) is 18.5 Å². The number of rotatable bonds is 3. The summed E-state index contributed by atoms with van der Waals surface area (Å²) in [7, 11) is 0. The fraction of sp³-hybridized carbons (Fsp3) is 0.364. The van der Waals surface area contributed by atoms with Gasteiger partial charge in [-0.2, -0.15) is 5.10 Å². The molecule has 84 valence electrons. The molecule has 0 aliphatic heterocycles. The Morgan fingerprint density at radius 2 is 2.31 bits per heavy atom. The highest BCUT2D eigenvalue weighted by Crippen LogP contribution is 2.13. The fourth-order valence-corrected chi connectivity index (χ4v) is 1.48. The number of nitrogens with zero attached hydrogens (tertiary/aromatic N) is 3. The van der Waals surface area contributed by atoms with Gasteiger partial charge in [0.25, 0.3) is 0 Å². The minimum absolute atomic E-state index is 0.0691. The lowest BCUT2D eigenvalue weighted by molar-refractivity contribution is -0.136. The third-order valence-electron chi connectivity index (χ3n) is 2.38. The van der Waals surface area contributed by atoms with Gasteiger partial charge in [-0.05, 0) is 11.5 Å². The Bertz CT molecular complexity index is 531. The van der Waals surface area contributed by atoms with Gasteiger partial charge >= 0.3 is 5.97 Å². The highest BCUT2D eigenvalue weighted by molar-refractivity contribution is 5.70. The van der Waals surface area contributed by atoms with E-state index in [4.69, 9.17) is 5.11 Å². The number of carboxylic acids is 1. The van der Waals surface area contributed by atoms with E-state index >= 15 is 0 Å². The Kier molecular flexibility index (Phi) is 2.60. The van der Waals surface area contributed by atoms with E-state index < -0.39 is 5.97 Å². The van der Waals surface area contributed by atoms with Crippen molar-refractivity contribution in [2.24, 2.45) is 0 Å². The van der Waals surface area contributed by atoms with E-state index in [1.807, 2.05) is 6.20 Å². The Hall–Kier alpha value is -1.91. The van der Waals surface area contributed by atoms with Crippen molar-refractivity contribution in [3.63, 3.8) is 0 Å². The first-order valence-corrected chi connectivity index (χ1v) is 5.12. The van der Waals surface area contributed by atoms with Crippen LogP contribution in [-0.4, -0.2) is 25.7 Å². The zero-order chi connectivity index (χ0) is 11.7. The summed E-state index contributed by atoms with van der Waals surface area (Å²) in [6.45, 7) is 4.15. The summed E-state index contributed by atoms with van der Waals surface area (Å²) in [6.07, 6.45) is 3.62. The van der Waals surface area contributed by atoms with Gasteiger partial charge in [-0.25, -0.2) is 9.50 Å². The van der Waals surface area contributed by atoms with Gasteiger partial charge in [0.15, 0.2) is 5.65 Å². The van der Waals surface area contributed by atoms with Crippen LogP contribution in [-0.2, 0) is 11.2 Å². The van der Waals surface area contributed by atoms with Crippen LogP contribution < -0.4 is 0 Å². The second-order valence-electron chi connectivity index (χ2n) is 4.05. The third kappa shape index (κ3) is 2.03. The van der Waals surface area contributed by atoms with Crippen LogP contribution in [0.15, 0.2) is 18.5 Å². The molecule has 5 nitrogen and oxygen atoms in total. The van der Waals surface area contributed by atoms with Crippen molar-refractivity contribution in [1.29, 1.82) is 0 Å². The topological polar surface area (TPSA) is 67.5 Å². The molecule has 0 bridgehead atoms. The lowest BCUT2D eigenvalue weighted by Gasteiger charge is -2.03. The molecule has 0 aliphatic carbocycles. The summed E-state index contributed by atoms with van der Waals surface area (Å²) < 4.78 is 1.63. The number of carbonyl (C=O) groups is 1. The van der Waals surface area contributed by atoms with E-state index in [-0.39, 0.29) is 6.42 Å². The minimum atomic E-state index is -0.882. The first kappa shape index (κ1) is 10.6. The van der Waals surface area contributed by atoms with Gasteiger partial charge in [0.1, 0.15) is 0 Å². The molecule has 1 N–H and O–H groups in total. The van der Waals surface area contributed by atoms with E-state index in [2.05, 4.69) is 23.9 Å². The molecule has 0 unspecified atom stereocenters. The van der Waals surface area contributed by atoms with E-state index in [0.717, 1.165) is 5.56 Å². The van der Waals surface area contributed by atoms with Gasteiger partial charge in [0.05, 0.1) is 12.1 Å². The quantitative estimate of drug-likeness (QED) is 0.849. The summed E-state index contributed by atoms with van der Waals surface area (Å²) >= 11 is 0. The van der Waals surface area contributed by atoms with Crippen LogP contribution >= 0.6 is 0 Å². The van der Waals surface area contributed by atoms with Crippen LogP contribution in [0, 0.1) is 0 Å². The highest BCUT2D eigenvalue weighted by atomic mass is 16.4. The normalized spacial score (nSPS) is 11.2. The van der Waals surface area contributed by atoms with Crippen molar-refractivity contribution < 1.29 is 9.90 Å². The monoisotopic (exact) mass is 219 g/mol. The average Bonchev–Trinajstić information content (AvgIpc) is 2.56. The van der Waals surface area contributed by atoms with Crippen LogP contribution in [0.1, 0.15) is 31.0 Å². The molecule has 0 aliphatic rings. The molecule has 5 heteroatoms. The lowest BCUT2D eigenvalue weighted by atomic mass is 10.1. The molecular weight excluding hydrogens is 206 g/mol.